The van der Waals surface area contributed by atoms with Crippen LogP contribution < -0.4 is 10.6 Å². The number of nitrogens with two attached hydrogens (primary N) is 1. The summed E-state index contributed by atoms with van der Waals surface area (Å²) < 4.78 is 11.9. The van der Waals surface area contributed by atoms with Crippen molar-refractivity contribution in [1.82, 2.24) is 4.57 Å². The predicted molar refractivity (Wildman–Crippen MR) is 130 cm³/mol. The maximum atomic E-state index is 13.2. The topological polar surface area (TPSA) is 111 Å². The highest BCUT2D eigenvalue weighted by atomic mass is 35.5. The van der Waals surface area contributed by atoms with Gasteiger partial charge in [0.05, 0.1) is 48.1 Å². The molecule has 0 saturated heterocycles. The standard InChI is InChI=1S/C26H21ClN4O4/c1-34-25(32)22-21(16-8-4-3-5-9-16)18(15-28)24(29)31(23(22)26(33)35-2)20-14-17(10-11-19(20)27)30-12-6-7-13-30/h3-14,21H,29H2,1-2H3. The molecule has 3 aromatic rings. The Hall–Kier alpha value is -4.48. The van der Waals surface area contributed by atoms with Crippen molar-refractivity contribution in [3.63, 3.8) is 0 Å². The number of nitrogens with zero attached hydrogens (tertiary/aromatic N) is 3. The zero-order chi connectivity index (χ0) is 25.1. The Morgan fingerprint density at radius 2 is 1.66 bits per heavy atom. The first-order valence-corrected chi connectivity index (χ1v) is 10.9. The molecule has 176 valence electrons. The summed E-state index contributed by atoms with van der Waals surface area (Å²) in [6.07, 6.45) is 3.68. The lowest BCUT2D eigenvalue weighted by Crippen LogP contribution is -2.41. The van der Waals surface area contributed by atoms with E-state index in [9.17, 15) is 14.9 Å². The second-order valence-electron chi connectivity index (χ2n) is 7.56. The van der Waals surface area contributed by atoms with E-state index in [-0.39, 0.29) is 33.4 Å². The Labute approximate surface area is 207 Å². The largest absolute Gasteiger partial charge is 0.466 e. The van der Waals surface area contributed by atoms with E-state index in [0.717, 1.165) is 5.69 Å². The highest BCUT2D eigenvalue weighted by molar-refractivity contribution is 6.33. The van der Waals surface area contributed by atoms with E-state index in [1.165, 1.54) is 19.1 Å². The number of allylic oxidation sites excluding steroid dienone is 1. The Balaban J connectivity index is 2.06. The molecule has 35 heavy (non-hydrogen) atoms. The van der Waals surface area contributed by atoms with Gasteiger partial charge in [-0.25, -0.2) is 9.59 Å². The third-order valence-corrected chi connectivity index (χ3v) is 6.00. The highest BCUT2D eigenvalue weighted by Gasteiger charge is 2.43. The maximum absolute atomic E-state index is 13.2. The van der Waals surface area contributed by atoms with Crippen molar-refractivity contribution >= 4 is 29.2 Å². The summed E-state index contributed by atoms with van der Waals surface area (Å²) in [7, 11) is 2.39. The average Bonchev–Trinajstić information content (AvgIpc) is 3.43. The van der Waals surface area contributed by atoms with Gasteiger partial charge in [-0.3, -0.25) is 4.90 Å². The molecule has 0 fully saturated rings. The molecule has 0 bridgehead atoms. The van der Waals surface area contributed by atoms with Crippen LogP contribution in [0.4, 0.5) is 5.69 Å². The molecule has 1 atom stereocenters. The molecule has 1 aromatic heterocycles. The van der Waals surface area contributed by atoms with Crippen molar-refractivity contribution in [1.29, 1.82) is 5.26 Å². The molecule has 4 rings (SSSR count). The lowest BCUT2D eigenvalue weighted by atomic mass is 9.81. The number of methoxy groups -OCH3 is 2. The van der Waals surface area contributed by atoms with Crippen LogP contribution in [0.1, 0.15) is 11.5 Å². The number of hydrogen-bond donors (Lipinski definition) is 1. The summed E-state index contributed by atoms with van der Waals surface area (Å²) in [6, 6.07) is 19.8. The first kappa shape index (κ1) is 23.7. The summed E-state index contributed by atoms with van der Waals surface area (Å²) >= 11 is 6.57. The highest BCUT2D eigenvalue weighted by Crippen LogP contribution is 2.45. The van der Waals surface area contributed by atoms with Crippen molar-refractivity contribution in [2.75, 3.05) is 19.1 Å². The van der Waals surface area contributed by atoms with Crippen LogP contribution in [0.15, 0.2) is 95.7 Å². The van der Waals surface area contributed by atoms with Crippen molar-refractivity contribution in [2.24, 2.45) is 5.73 Å². The number of hydrogen-bond acceptors (Lipinski definition) is 7. The second kappa shape index (κ2) is 9.79. The summed E-state index contributed by atoms with van der Waals surface area (Å²) in [5.74, 6) is -2.65. The fraction of sp³-hybridized carbons (Fsp3) is 0.115. The van der Waals surface area contributed by atoms with Crippen molar-refractivity contribution in [2.45, 2.75) is 5.92 Å². The van der Waals surface area contributed by atoms with Gasteiger partial charge in [0.15, 0.2) is 0 Å². The Morgan fingerprint density at radius 1 is 1.00 bits per heavy atom. The monoisotopic (exact) mass is 488 g/mol. The molecule has 1 unspecified atom stereocenters. The van der Waals surface area contributed by atoms with Crippen LogP contribution in [0.2, 0.25) is 5.02 Å². The van der Waals surface area contributed by atoms with E-state index in [0.29, 0.717) is 5.56 Å². The number of benzene rings is 2. The van der Waals surface area contributed by atoms with Crippen LogP contribution in [-0.2, 0) is 19.1 Å². The molecular formula is C26H21ClN4O4. The molecule has 9 heteroatoms. The molecule has 0 aliphatic carbocycles. The minimum atomic E-state index is -0.953. The number of ether oxygens (including phenoxy) is 2. The molecule has 1 aliphatic heterocycles. The third-order valence-electron chi connectivity index (χ3n) is 5.68. The molecule has 0 spiro atoms. The van der Waals surface area contributed by atoms with E-state index in [2.05, 4.69) is 6.07 Å². The van der Waals surface area contributed by atoms with Gasteiger partial charge in [0.1, 0.15) is 11.5 Å². The second-order valence-corrected chi connectivity index (χ2v) is 7.97. The lowest BCUT2D eigenvalue weighted by Gasteiger charge is -2.36. The Bertz CT molecular complexity index is 1390. The number of nitriles is 1. The van der Waals surface area contributed by atoms with Gasteiger partial charge in [-0.05, 0) is 35.9 Å². The van der Waals surface area contributed by atoms with Gasteiger partial charge in [-0.1, -0.05) is 41.9 Å². The lowest BCUT2D eigenvalue weighted by molar-refractivity contribution is -0.139. The van der Waals surface area contributed by atoms with Crippen LogP contribution in [0.3, 0.4) is 0 Å². The van der Waals surface area contributed by atoms with E-state index >= 15 is 0 Å². The number of esters is 2. The summed E-state index contributed by atoms with van der Waals surface area (Å²) in [6.45, 7) is 0. The van der Waals surface area contributed by atoms with E-state index in [1.807, 2.05) is 29.1 Å². The molecule has 2 N–H and O–H groups in total. The van der Waals surface area contributed by atoms with Gasteiger partial charge >= 0.3 is 11.9 Å². The SMILES string of the molecule is COC(=O)C1=C(C(=O)OC)N(c2cc(-n3cccc3)ccc2Cl)C(N)=C(C#N)C1c1ccccc1. The number of aromatic nitrogens is 1. The molecule has 1 aliphatic rings. The van der Waals surface area contributed by atoms with E-state index in [4.69, 9.17) is 26.8 Å². The quantitative estimate of drug-likeness (QED) is 0.540. The van der Waals surface area contributed by atoms with Gasteiger partial charge in [0, 0.05) is 18.1 Å². The zero-order valence-electron chi connectivity index (χ0n) is 18.9. The molecular weight excluding hydrogens is 468 g/mol. The molecule has 0 saturated carbocycles. The fourth-order valence-electron chi connectivity index (χ4n) is 4.10. The van der Waals surface area contributed by atoms with Crippen LogP contribution in [0.25, 0.3) is 5.69 Å². The third kappa shape index (κ3) is 4.14. The first-order chi connectivity index (χ1) is 16.9. The molecule has 0 amide bonds. The molecule has 2 aromatic carbocycles. The van der Waals surface area contributed by atoms with E-state index < -0.39 is 17.9 Å². The first-order valence-electron chi connectivity index (χ1n) is 10.5. The normalized spacial score (nSPS) is 15.6. The van der Waals surface area contributed by atoms with Crippen molar-refractivity contribution in [3.05, 3.63) is 106 Å². The minimum absolute atomic E-state index is 0.0547. The zero-order valence-corrected chi connectivity index (χ0v) is 19.7. The number of carbonyl (C=O) groups is 2. The average molecular weight is 489 g/mol. The minimum Gasteiger partial charge on any atom is -0.466 e. The van der Waals surface area contributed by atoms with Crippen molar-refractivity contribution < 1.29 is 19.1 Å². The number of anilines is 1. The van der Waals surface area contributed by atoms with Gasteiger partial charge < -0.3 is 19.8 Å². The Morgan fingerprint density at radius 3 is 2.26 bits per heavy atom. The van der Waals surface area contributed by atoms with Crippen LogP contribution >= 0.6 is 11.6 Å². The fourth-order valence-corrected chi connectivity index (χ4v) is 4.31. The van der Waals surface area contributed by atoms with Crippen LogP contribution in [0, 0.1) is 11.3 Å². The maximum Gasteiger partial charge on any atom is 0.355 e. The summed E-state index contributed by atoms with van der Waals surface area (Å²) in [5.41, 5.74) is 7.92. The Kier molecular flexibility index (Phi) is 6.62. The number of halogens is 1. The van der Waals surface area contributed by atoms with E-state index in [1.54, 1.807) is 48.5 Å². The van der Waals surface area contributed by atoms with Gasteiger partial charge in [-0.15, -0.1) is 0 Å². The van der Waals surface area contributed by atoms with Gasteiger partial charge in [0.2, 0.25) is 0 Å². The predicted octanol–water partition coefficient (Wildman–Crippen LogP) is 4.03. The number of rotatable bonds is 5. The molecule has 8 nitrogen and oxygen atoms in total. The molecule has 0 radical (unpaired) electrons. The summed E-state index contributed by atoms with van der Waals surface area (Å²) in [4.78, 5) is 27.6. The van der Waals surface area contributed by atoms with Gasteiger partial charge in [0.25, 0.3) is 0 Å². The number of carbonyl (C=O) groups excluding carboxylic acids is 2. The smallest absolute Gasteiger partial charge is 0.355 e. The van der Waals surface area contributed by atoms with Crippen molar-refractivity contribution in [3.8, 4) is 11.8 Å². The van der Waals surface area contributed by atoms with Crippen LogP contribution in [0.5, 0.6) is 0 Å². The molecule has 2 heterocycles. The summed E-state index contributed by atoms with van der Waals surface area (Å²) in [5, 5.41) is 10.4. The van der Waals surface area contributed by atoms with Crippen LogP contribution in [-0.4, -0.2) is 30.7 Å². The van der Waals surface area contributed by atoms with Gasteiger partial charge in [-0.2, -0.15) is 5.26 Å².